The van der Waals surface area contributed by atoms with Gasteiger partial charge in [-0.2, -0.15) is 0 Å². The van der Waals surface area contributed by atoms with Crippen molar-refractivity contribution in [2.75, 3.05) is 0 Å². The van der Waals surface area contributed by atoms with Crippen LogP contribution in [0.5, 0.6) is 0 Å². The lowest BCUT2D eigenvalue weighted by molar-refractivity contribution is 1.05. The van der Waals surface area contributed by atoms with Crippen LogP contribution >= 0.6 is 0 Å². The normalized spacial score (nSPS) is 11.8. The van der Waals surface area contributed by atoms with Crippen molar-refractivity contribution in [3.63, 3.8) is 0 Å². The van der Waals surface area contributed by atoms with Gasteiger partial charge in [-0.25, -0.2) is 29.9 Å². The Morgan fingerprint density at radius 1 is 0.136 bits per heavy atom. The van der Waals surface area contributed by atoms with Gasteiger partial charge in [-0.1, -0.05) is 340 Å². The third-order valence-corrected chi connectivity index (χ3v) is 26.2. The molecule has 0 saturated carbocycles. The molecule has 0 radical (unpaired) electrons. The topological polar surface area (TPSA) is 107 Å². The van der Waals surface area contributed by atoms with Gasteiger partial charge in [0.05, 0.1) is 88.9 Å². The highest BCUT2D eigenvalue weighted by molar-refractivity contribution is 6.20. The van der Waals surface area contributed by atoms with Crippen molar-refractivity contribution in [1.29, 1.82) is 0 Å². The van der Waals surface area contributed by atoms with Gasteiger partial charge >= 0.3 is 0 Å². The van der Waals surface area contributed by atoms with Crippen LogP contribution in [0.3, 0.4) is 0 Å². The standard InChI is InChI=1S/C63H40N6.C57H36N6/c1-4-20-41(21-5-1)61-64-62(42-22-6-2-7-23-42)66-63(65-61)51-31-19-37-57(60(51)69-53-33-15-11-26-46(53)47-27-12-16-34-54(47)69)68-55-35-17-13-29-50(55)59-45(30-18-36-56(59)68)43-38-39-49-48-28-10-14-32-52(48)67(58(49)40-43)44-24-8-3-9-25-44;1-3-18-37(19-4-1)55-58-56(38-20-5-2-6-21-38)60-57(59-55)45-27-17-33-53(54(45)63-50-31-15-9-24-42(50)43-25-10-16-32-51(43)63)62-49-30-14-11-26-44(49)46-36-39(34-35-52(46)62)61-47-28-12-7-22-40(47)41-23-8-13-29-48(41)61/h1-40H;1-36H. The Balaban J connectivity index is 0.000000139. The summed E-state index contributed by atoms with van der Waals surface area (Å²) < 4.78 is 14.5. The minimum atomic E-state index is 0.588. The Kier molecular flexibility index (Phi) is 17.7. The Morgan fingerprint density at radius 2 is 0.409 bits per heavy atom. The van der Waals surface area contributed by atoms with Crippen LogP contribution in [0, 0.1) is 0 Å². The molecular formula is C120H76N12. The lowest BCUT2D eigenvalue weighted by Gasteiger charge is -2.20. The van der Waals surface area contributed by atoms with Crippen LogP contribution in [0.15, 0.2) is 461 Å². The maximum absolute atomic E-state index is 5.35. The molecule has 616 valence electrons. The number of nitrogens with zero attached hydrogens (tertiary/aromatic N) is 12. The van der Waals surface area contributed by atoms with Crippen LogP contribution in [0.4, 0.5) is 0 Å². The van der Waals surface area contributed by atoms with Gasteiger partial charge in [0.1, 0.15) is 0 Å². The molecule has 8 aromatic heterocycles. The molecule has 0 amide bonds. The van der Waals surface area contributed by atoms with Crippen LogP contribution < -0.4 is 0 Å². The zero-order chi connectivity index (χ0) is 86.9. The average molecular weight is 1690 g/mol. The van der Waals surface area contributed by atoms with Crippen molar-refractivity contribution in [2.24, 2.45) is 0 Å². The molecule has 19 aromatic carbocycles. The first-order chi connectivity index (χ1) is 65.5. The summed E-state index contributed by atoms with van der Waals surface area (Å²) in [6.07, 6.45) is 0. The average Bonchev–Trinajstić information content (AvgIpc) is 1.55. The molecule has 27 rings (SSSR count). The molecule has 12 heteroatoms. The zero-order valence-corrected chi connectivity index (χ0v) is 71.2. The molecule has 132 heavy (non-hydrogen) atoms. The number of aromatic nitrogens is 12. The minimum Gasteiger partial charge on any atom is -0.309 e. The smallest absolute Gasteiger partial charge is 0.166 e. The fraction of sp³-hybridized carbons (Fsp3) is 0. The van der Waals surface area contributed by atoms with Gasteiger partial charge < -0.3 is 27.4 Å². The highest BCUT2D eigenvalue weighted by Crippen LogP contribution is 2.49. The van der Waals surface area contributed by atoms with E-state index < -0.39 is 0 Å². The highest BCUT2D eigenvalue weighted by atomic mass is 15.1. The molecule has 0 N–H and O–H groups in total. The lowest BCUT2D eigenvalue weighted by atomic mass is 9.98. The van der Waals surface area contributed by atoms with Gasteiger partial charge in [0.25, 0.3) is 0 Å². The van der Waals surface area contributed by atoms with E-state index in [1.54, 1.807) is 0 Å². The summed E-state index contributed by atoms with van der Waals surface area (Å²) >= 11 is 0. The highest BCUT2D eigenvalue weighted by Gasteiger charge is 2.30. The maximum atomic E-state index is 5.35. The second kappa shape index (κ2) is 31.0. The van der Waals surface area contributed by atoms with Crippen molar-refractivity contribution < 1.29 is 0 Å². The van der Waals surface area contributed by atoms with E-state index in [2.05, 4.69) is 416 Å². The molecule has 27 aromatic rings. The first kappa shape index (κ1) is 75.3. The van der Waals surface area contributed by atoms with Crippen molar-refractivity contribution in [1.82, 2.24) is 57.3 Å². The summed E-state index contributed by atoms with van der Waals surface area (Å²) in [5.41, 5.74) is 27.5. The van der Waals surface area contributed by atoms with Crippen molar-refractivity contribution in [3.05, 3.63) is 461 Å². The molecule has 0 aliphatic rings. The molecule has 0 spiro atoms. The lowest BCUT2D eigenvalue weighted by Crippen LogP contribution is -2.08. The van der Waals surface area contributed by atoms with Gasteiger partial charge in [-0.3, -0.25) is 0 Å². The van der Waals surface area contributed by atoms with Crippen LogP contribution in [0.1, 0.15) is 0 Å². The Labute approximate surface area is 757 Å². The van der Waals surface area contributed by atoms with E-state index in [-0.39, 0.29) is 0 Å². The van der Waals surface area contributed by atoms with E-state index in [0.717, 1.165) is 117 Å². The first-order valence-electron chi connectivity index (χ1n) is 44.7. The predicted molar refractivity (Wildman–Crippen MR) is 544 cm³/mol. The molecule has 8 heterocycles. The van der Waals surface area contributed by atoms with Gasteiger partial charge in [0.15, 0.2) is 34.9 Å². The van der Waals surface area contributed by atoms with Gasteiger partial charge in [0.2, 0.25) is 0 Å². The Hall–Kier alpha value is -18.0. The molecule has 0 fully saturated rings. The van der Waals surface area contributed by atoms with Crippen LogP contribution in [0.25, 0.3) is 244 Å². The van der Waals surface area contributed by atoms with Crippen molar-refractivity contribution >= 4 is 131 Å². The maximum Gasteiger partial charge on any atom is 0.166 e. The summed E-state index contributed by atoms with van der Waals surface area (Å²) in [4.78, 5) is 31.5. The number of hydrogen-bond acceptors (Lipinski definition) is 6. The first-order valence-corrected chi connectivity index (χ1v) is 44.7. The minimum absolute atomic E-state index is 0.588. The third kappa shape index (κ3) is 12.2. The quantitative estimate of drug-likeness (QED) is 0.114. The number of fused-ring (bicyclic) bond motifs is 18. The largest absolute Gasteiger partial charge is 0.309 e. The fourth-order valence-corrected chi connectivity index (χ4v) is 20.5. The molecule has 0 saturated heterocycles. The molecule has 0 aliphatic heterocycles. The van der Waals surface area contributed by atoms with Crippen LogP contribution in [0.2, 0.25) is 0 Å². The number of rotatable bonds is 13. The second-order valence-electron chi connectivity index (χ2n) is 33.6. The number of para-hydroxylation sites is 12. The monoisotopic (exact) mass is 1680 g/mol. The molecule has 0 unspecified atom stereocenters. The number of hydrogen-bond donors (Lipinski definition) is 0. The zero-order valence-electron chi connectivity index (χ0n) is 71.2. The van der Waals surface area contributed by atoms with Crippen LogP contribution in [-0.2, 0) is 0 Å². The second-order valence-corrected chi connectivity index (χ2v) is 33.6. The SMILES string of the molecule is c1ccc(-c2nc(-c3ccccc3)nc(-c3cccc(-n4c5ccccc5c5c(-c6ccc7c8ccccc8n(-c8ccccc8)c7c6)cccc54)c3-n3c4ccccc4c4ccccc43)n2)cc1.c1ccc(-c2nc(-c3ccccc3)nc(-c3cccc(-n4c5ccccc5c5cc(-n6c7ccccc7c7ccccc76)ccc54)c3-n3c4ccccc4c4ccccc43)n2)cc1. The molecular weight excluding hydrogens is 1610 g/mol. The van der Waals surface area contributed by atoms with E-state index >= 15 is 0 Å². The van der Waals surface area contributed by atoms with E-state index in [4.69, 9.17) is 29.9 Å². The third-order valence-electron chi connectivity index (χ3n) is 26.2. The van der Waals surface area contributed by atoms with Gasteiger partial charge in [-0.15, -0.1) is 0 Å². The van der Waals surface area contributed by atoms with E-state index in [1.807, 2.05) is 72.8 Å². The van der Waals surface area contributed by atoms with Crippen LogP contribution in [-0.4, -0.2) is 57.3 Å². The molecule has 0 atom stereocenters. The fourth-order valence-electron chi connectivity index (χ4n) is 20.5. The Morgan fingerprint density at radius 3 is 0.803 bits per heavy atom. The summed E-state index contributed by atoms with van der Waals surface area (Å²) in [6, 6.07) is 164. The van der Waals surface area contributed by atoms with Crippen molar-refractivity contribution in [3.8, 4) is 114 Å². The van der Waals surface area contributed by atoms with Crippen molar-refractivity contribution in [2.45, 2.75) is 0 Å². The summed E-state index contributed by atoms with van der Waals surface area (Å²) in [7, 11) is 0. The van der Waals surface area contributed by atoms with Gasteiger partial charge in [0, 0.05) is 109 Å². The van der Waals surface area contributed by atoms with E-state index in [0.29, 0.717) is 34.9 Å². The van der Waals surface area contributed by atoms with Gasteiger partial charge in [-0.05, 0) is 132 Å². The molecule has 12 nitrogen and oxygen atoms in total. The predicted octanol–water partition coefficient (Wildman–Crippen LogP) is 30.0. The summed E-state index contributed by atoms with van der Waals surface area (Å²) in [5.74, 6) is 3.64. The van der Waals surface area contributed by atoms with E-state index in [1.165, 1.54) is 92.3 Å². The summed E-state index contributed by atoms with van der Waals surface area (Å²) in [6.45, 7) is 0. The number of benzene rings is 19. The Bertz CT molecular complexity index is 9010. The van der Waals surface area contributed by atoms with E-state index in [9.17, 15) is 0 Å². The molecule has 0 bridgehead atoms. The summed E-state index contributed by atoms with van der Waals surface area (Å²) in [5, 5.41) is 14.3. The molecule has 0 aliphatic carbocycles.